The lowest BCUT2D eigenvalue weighted by atomic mass is 9.94. The smallest absolute Gasteiger partial charge is 0.305 e. The second kappa shape index (κ2) is 7.35. The molecule has 8 heteroatoms. The number of carbonyl (C=O) groups excluding carboxylic acids is 1. The van der Waals surface area contributed by atoms with Gasteiger partial charge in [0.2, 0.25) is 5.67 Å². The highest BCUT2D eigenvalue weighted by atomic mass is 19.1. The van der Waals surface area contributed by atoms with Crippen molar-refractivity contribution in [3.05, 3.63) is 23.4 Å². The Labute approximate surface area is 145 Å². The Morgan fingerprint density at radius 2 is 2.20 bits per heavy atom. The number of carbonyl (C=O) groups is 2. The number of anilines is 1. The monoisotopic (exact) mass is 350 g/mol. The number of amides is 1. The Balaban J connectivity index is 1.42. The number of nitrogens with zero attached hydrogens (tertiary/aromatic N) is 2. The quantitative estimate of drug-likeness (QED) is 0.667. The van der Waals surface area contributed by atoms with Gasteiger partial charge in [-0.05, 0) is 24.5 Å². The van der Waals surface area contributed by atoms with Crippen LogP contribution in [0.15, 0.2) is 12.1 Å². The molecule has 2 aliphatic heterocycles. The number of pyridine rings is 1. The highest BCUT2D eigenvalue weighted by Gasteiger charge is 2.49. The summed E-state index contributed by atoms with van der Waals surface area (Å²) in [5.41, 5.74) is 0.277. The van der Waals surface area contributed by atoms with E-state index in [0.717, 1.165) is 30.9 Å². The molecule has 0 aromatic carbocycles. The number of hydrogen-bond acceptors (Lipinski definition) is 5. The van der Waals surface area contributed by atoms with Crippen molar-refractivity contribution < 1.29 is 19.1 Å². The molecular formula is C17H23FN4O3. The van der Waals surface area contributed by atoms with Crippen molar-refractivity contribution in [2.24, 2.45) is 0 Å². The lowest BCUT2D eigenvalue weighted by Crippen LogP contribution is -2.66. The van der Waals surface area contributed by atoms with E-state index in [9.17, 15) is 14.0 Å². The molecule has 3 heterocycles. The largest absolute Gasteiger partial charge is 0.481 e. The Hall–Kier alpha value is -2.22. The summed E-state index contributed by atoms with van der Waals surface area (Å²) in [6.45, 7) is 1.60. The molecule has 0 bridgehead atoms. The van der Waals surface area contributed by atoms with E-state index in [1.807, 2.05) is 11.0 Å². The minimum Gasteiger partial charge on any atom is -0.481 e. The van der Waals surface area contributed by atoms with Crippen molar-refractivity contribution in [1.82, 2.24) is 15.2 Å². The number of aliphatic carboxylic acids is 1. The van der Waals surface area contributed by atoms with Gasteiger partial charge in [-0.3, -0.25) is 14.5 Å². The summed E-state index contributed by atoms with van der Waals surface area (Å²) in [4.78, 5) is 28.7. The third-order valence-corrected chi connectivity index (χ3v) is 4.62. The van der Waals surface area contributed by atoms with Crippen LogP contribution in [0.5, 0.6) is 0 Å². The number of alkyl halides is 1. The zero-order chi connectivity index (χ0) is 17.9. The third-order valence-electron chi connectivity index (χ3n) is 4.62. The highest BCUT2D eigenvalue weighted by Crippen LogP contribution is 2.26. The minimum atomic E-state index is -1.91. The van der Waals surface area contributed by atoms with E-state index < -0.39 is 17.5 Å². The summed E-state index contributed by atoms with van der Waals surface area (Å²) in [6, 6.07) is 4.10. The van der Waals surface area contributed by atoms with E-state index >= 15 is 0 Å². The van der Waals surface area contributed by atoms with Gasteiger partial charge in [-0.25, -0.2) is 9.37 Å². The van der Waals surface area contributed by atoms with Crippen LogP contribution in [0.2, 0.25) is 0 Å². The first-order valence-corrected chi connectivity index (χ1v) is 8.60. The second-order valence-corrected chi connectivity index (χ2v) is 6.67. The SMILES string of the molecule is O=C(O)CCNC(=O)C1(F)CN(CCc2ccc3c(n2)NCCC3)C1. The molecule has 1 saturated heterocycles. The maximum absolute atomic E-state index is 14.4. The van der Waals surface area contributed by atoms with E-state index in [1.165, 1.54) is 5.56 Å². The van der Waals surface area contributed by atoms with Crippen molar-refractivity contribution in [3.63, 3.8) is 0 Å². The van der Waals surface area contributed by atoms with Gasteiger partial charge < -0.3 is 15.7 Å². The number of fused-ring (bicyclic) bond motifs is 1. The van der Waals surface area contributed by atoms with E-state index in [0.29, 0.717) is 13.0 Å². The van der Waals surface area contributed by atoms with Crippen molar-refractivity contribution in [3.8, 4) is 0 Å². The molecular weight excluding hydrogens is 327 g/mol. The van der Waals surface area contributed by atoms with E-state index in [1.54, 1.807) is 0 Å². The molecule has 1 amide bonds. The van der Waals surface area contributed by atoms with Gasteiger partial charge in [-0.1, -0.05) is 6.07 Å². The summed E-state index contributed by atoms with van der Waals surface area (Å²) in [5, 5.41) is 14.2. The summed E-state index contributed by atoms with van der Waals surface area (Å²) in [6.07, 6.45) is 2.66. The number of hydrogen-bond donors (Lipinski definition) is 3. The predicted molar refractivity (Wildman–Crippen MR) is 90.3 cm³/mol. The van der Waals surface area contributed by atoms with Gasteiger partial charge in [0.1, 0.15) is 5.82 Å². The fourth-order valence-corrected chi connectivity index (χ4v) is 3.19. The van der Waals surface area contributed by atoms with Crippen LogP contribution in [-0.2, 0) is 22.4 Å². The molecule has 1 aromatic heterocycles. The van der Waals surface area contributed by atoms with Crippen LogP contribution < -0.4 is 10.6 Å². The molecule has 1 aromatic rings. The number of nitrogens with one attached hydrogen (secondary N) is 2. The number of carboxylic acid groups (broad SMARTS) is 1. The van der Waals surface area contributed by atoms with E-state index in [4.69, 9.17) is 5.11 Å². The van der Waals surface area contributed by atoms with Crippen molar-refractivity contribution in [2.75, 3.05) is 38.0 Å². The third kappa shape index (κ3) is 4.25. The molecule has 0 radical (unpaired) electrons. The maximum Gasteiger partial charge on any atom is 0.305 e. The van der Waals surface area contributed by atoms with Crippen molar-refractivity contribution in [2.45, 2.75) is 31.4 Å². The number of aromatic nitrogens is 1. The van der Waals surface area contributed by atoms with Gasteiger partial charge in [0.25, 0.3) is 5.91 Å². The minimum absolute atomic E-state index is 0.0368. The van der Waals surface area contributed by atoms with Crippen LogP contribution in [0.1, 0.15) is 24.1 Å². The highest BCUT2D eigenvalue weighted by molar-refractivity contribution is 5.87. The molecule has 1 fully saturated rings. The molecule has 7 nitrogen and oxygen atoms in total. The molecule has 0 saturated carbocycles. The van der Waals surface area contributed by atoms with Gasteiger partial charge in [-0.2, -0.15) is 0 Å². The number of likely N-dealkylation sites (tertiary alicyclic amines) is 1. The first-order valence-electron chi connectivity index (χ1n) is 8.60. The van der Waals surface area contributed by atoms with Gasteiger partial charge in [-0.15, -0.1) is 0 Å². The Morgan fingerprint density at radius 3 is 2.96 bits per heavy atom. The molecule has 3 rings (SSSR count). The Morgan fingerprint density at radius 1 is 1.40 bits per heavy atom. The van der Waals surface area contributed by atoms with Crippen molar-refractivity contribution in [1.29, 1.82) is 0 Å². The van der Waals surface area contributed by atoms with Crippen molar-refractivity contribution >= 4 is 17.7 Å². The molecule has 0 aliphatic carbocycles. The van der Waals surface area contributed by atoms with Crippen LogP contribution in [0.3, 0.4) is 0 Å². The lowest BCUT2D eigenvalue weighted by Gasteiger charge is -2.43. The number of halogens is 1. The van der Waals surface area contributed by atoms with Gasteiger partial charge in [0, 0.05) is 44.8 Å². The zero-order valence-electron chi connectivity index (χ0n) is 14.1. The van der Waals surface area contributed by atoms with Crippen LogP contribution in [0.4, 0.5) is 10.2 Å². The number of aryl methyl sites for hydroxylation is 1. The second-order valence-electron chi connectivity index (χ2n) is 6.67. The fourth-order valence-electron chi connectivity index (χ4n) is 3.19. The standard InChI is InChI=1S/C17H23FN4O3/c18-17(16(25)20-8-5-14(23)24)10-22(11-17)9-6-13-4-3-12-2-1-7-19-15(12)21-13/h3-4H,1-2,5-11H2,(H,19,21)(H,20,25)(H,23,24). The van der Waals surface area contributed by atoms with Gasteiger partial charge >= 0.3 is 5.97 Å². The normalized spacial score (nSPS) is 18.6. The molecule has 25 heavy (non-hydrogen) atoms. The van der Waals surface area contributed by atoms with Crippen LogP contribution in [-0.4, -0.2) is 65.3 Å². The first kappa shape index (κ1) is 17.6. The molecule has 0 atom stereocenters. The zero-order valence-corrected chi connectivity index (χ0v) is 14.1. The average molecular weight is 350 g/mol. The summed E-state index contributed by atoms with van der Waals surface area (Å²) >= 11 is 0. The predicted octanol–water partition coefficient (Wildman–Crippen LogP) is 0.597. The average Bonchev–Trinajstić information content (AvgIpc) is 2.57. The first-order chi connectivity index (χ1) is 12.0. The molecule has 0 unspecified atom stereocenters. The number of rotatable bonds is 7. The molecule has 0 spiro atoms. The fraction of sp³-hybridized carbons (Fsp3) is 0.588. The molecule has 136 valence electrons. The van der Waals surface area contributed by atoms with E-state index in [2.05, 4.69) is 21.7 Å². The van der Waals surface area contributed by atoms with Gasteiger partial charge in [0.05, 0.1) is 6.42 Å². The summed E-state index contributed by atoms with van der Waals surface area (Å²) in [7, 11) is 0. The summed E-state index contributed by atoms with van der Waals surface area (Å²) < 4.78 is 14.4. The van der Waals surface area contributed by atoms with E-state index in [-0.39, 0.29) is 26.1 Å². The van der Waals surface area contributed by atoms with Crippen LogP contribution in [0.25, 0.3) is 0 Å². The Bertz CT molecular complexity index is 661. The molecule has 3 N–H and O–H groups in total. The number of carboxylic acids is 1. The summed E-state index contributed by atoms with van der Waals surface area (Å²) in [5.74, 6) is -0.790. The van der Waals surface area contributed by atoms with Gasteiger partial charge in [0.15, 0.2) is 0 Å². The topological polar surface area (TPSA) is 94.6 Å². The molecule has 2 aliphatic rings. The van der Waals surface area contributed by atoms with Crippen LogP contribution >= 0.6 is 0 Å². The lowest BCUT2D eigenvalue weighted by molar-refractivity contribution is -0.145. The van der Waals surface area contributed by atoms with Crippen LogP contribution in [0, 0.1) is 0 Å². The maximum atomic E-state index is 14.4. The Kier molecular flexibility index (Phi) is 5.17.